The molecule has 43 heavy (non-hydrogen) atoms. The summed E-state index contributed by atoms with van der Waals surface area (Å²) in [5.41, 5.74) is 7.28. The van der Waals surface area contributed by atoms with Gasteiger partial charge in [-0.25, -0.2) is 0 Å². The van der Waals surface area contributed by atoms with Crippen molar-refractivity contribution in [2.45, 2.75) is 31.6 Å². The highest BCUT2D eigenvalue weighted by atomic mass is 16.7. The Bertz CT molecular complexity index is 1590. The lowest BCUT2D eigenvalue weighted by Crippen LogP contribution is -2.30. The van der Waals surface area contributed by atoms with Gasteiger partial charge in [0.25, 0.3) is 0 Å². The van der Waals surface area contributed by atoms with E-state index in [1.807, 2.05) is 37.4 Å². The summed E-state index contributed by atoms with van der Waals surface area (Å²) in [6, 6.07) is 25.9. The van der Waals surface area contributed by atoms with E-state index in [-0.39, 0.29) is 29.3 Å². The Kier molecular flexibility index (Phi) is 8.16. The molecular formula is C36H38N2O5. The third kappa shape index (κ3) is 5.73. The molecule has 1 heterocycles. The van der Waals surface area contributed by atoms with E-state index in [4.69, 9.17) is 9.57 Å². The maximum absolute atomic E-state index is 10.6. The third-order valence-electron chi connectivity index (χ3n) is 8.49. The van der Waals surface area contributed by atoms with Gasteiger partial charge in [-0.3, -0.25) is 4.90 Å². The second kappa shape index (κ2) is 12.3. The summed E-state index contributed by atoms with van der Waals surface area (Å²) in [4.78, 5) is 7.84. The average Bonchev–Trinajstić information content (AvgIpc) is 3.72. The minimum absolute atomic E-state index is 0.0111. The van der Waals surface area contributed by atoms with Crippen LogP contribution in [0.25, 0.3) is 11.1 Å². The van der Waals surface area contributed by atoms with Gasteiger partial charge in [-0.05, 0) is 72.0 Å². The van der Waals surface area contributed by atoms with Crippen molar-refractivity contribution in [1.82, 2.24) is 9.63 Å². The molecule has 7 nitrogen and oxygen atoms in total. The van der Waals surface area contributed by atoms with Crippen LogP contribution in [0.1, 0.15) is 59.4 Å². The van der Waals surface area contributed by atoms with Crippen LogP contribution in [0.2, 0.25) is 0 Å². The quantitative estimate of drug-likeness (QED) is 0.131. The third-order valence-corrected chi connectivity index (χ3v) is 8.49. The molecule has 0 aliphatic heterocycles. The van der Waals surface area contributed by atoms with Crippen LogP contribution in [0.5, 0.6) is 23.3 Å². The topological polar surface area (TPSA) is 87.3 Å². The van der Waals surface area contributed by atoms with Crippen LogP contribution < -0.4 is 9.57 Å². The number of rotatable bonds is 12. The molecule has 3 N–H and O–H groups in total. The number of hydrogen-bond acceptors (Lipinski definition) is 6. The maximum atomic E-state index is 10.6. The summed E-state index contributed by atoms with van der Waals surface area (Å²) in [6.07, 6.45) is 5.97. The molecular weight excluding hydrogens is 540 g/mol. The molecule has 0 spiro atoms. The summed E-state index contributed by atoms with van der Waals surface area (Å²) in [5.74, 6) is 1.38. The fourth-order valence-electron chi connectivity index (χ4n) is 6.29. The summed E-state index contributed by atoms with van der Waals surface area (Å²) in [7, 11) is 1.99. The summed E-state index contributed by atoms with van der Waals surface area (Å²) < 4.78 is 7.23. The first-order chi connectivity index (χ1) is 20.9. The lowest BCUT2D eigenvalue weighted by atomic mass is 9.88. The first-order valence-corrected chi connectivity index (χ1v) is 14.9. The van der Waals surface area contributed by atoms with Gasteiger partial charge in [-0.1, -0.05) is 73.7 Å². The van der Waals surface area contributed by atoms with E-state index in [9.17, 15) is 15.3 Å². The Hall–Kier alpha value is -4.62. The zero-order valence-electron chi connectivity index (χ0n) is 24.6. The predicted molar refractivity (Wildman–Crippen MR) is 169 cm³/mol. The average molecular weight is 579 g/mol. The van der Waals surface area contributed by atoms with E-state index in [0.717, 1.165) is 46.4 Å². The van der Waals surface area contributed by atoms with Gasteiger partial charge in [-0.2, -0.15) is 0 Å². The van der Waals surface area contributed by atoms with E-state index in [1.54, 1.807) is 12.1 Å². The summed E-state index contributed by atoms with van der Waals surface area (Å²) in [5, 5.41) is 31.1. The summed E-state index contributed by atoms with van der Waals surface area (Å²) >= 11 is 0. The van der Waals surface area contributed by atoms with Gasteiger partial charge < -0.3 is 24.9 Å². The first-order valence-electron chi connectivity index (χ1n) is 14.9. The molecule has 3 aromatic carbocycles. The molecule has 2 bridgehead atoms. The van der Waals surface area contributed by atoms with Gasteiger partial charge in [0.2, 0.25) is 11.8 Å². The number of likely N-dealkylation sites (N-methyl/N-ethyl adjacent to an activating group) is 1. The minimum atomic E-state index is 0.0111. The lowest BCUT2D eigenvalue weighted by Gasteiger charge is -2.19. The molecule has 0 saturated carbocycles. The molecule has 222 valence electrons. The van der Waals surface area contributed by atoms with E-state index in [2.05, 4.69) is 60.4 Å². The number of hydrogen-bond donors (Lipinski definition) is 3. The molecule has 0 amide bonds. The molecule has 2 atom stereocenters. The van der Waals surface area contributed by atoms with Crippen LogP contribution in [0, 0.1) is 0 Å². The Morgan fingerprint density at radius 1 is 0.767 bits per heavy atom. The molecule has 1 aromatic heterocycles. The van der Waals surface area contributed by atoms with Crippen LogP contribution in [0.3, 0.4) is 0 Å². The van der Waals surface area contributed by atoms with Crippen molar-refractivity contribution in [3.8, 4) is 23.3 Å². The molecule has 2 aliphatic rings. The van der Waals surface area contributed by atoms with Crippen LogP contribution in [-0.4, -0.2) is 58.3 Å². The Labute approximate surface area is 252 Å². The first kappa shape index (κ1) is 28.5. The molecule has 0 radical (unpaired) electrons. The van der Waals surface area contributed by atoms with Crippen molar-refractivity contribution in [3.63, 3.8) is 0 Å². The van der Waals surface area contributed by atoms with Gasteiger partial charge in [0.05, 0.1) is 0 Å². The largest absolute Gasteiger partial charge is 0.508 e. The van der Waals surface area contributed by atoms with E-state index in [1.165, 1.54) is 15.9 Å². The Balaban J connectivity index is 1.06. The predicted octanol–water partition coefficient (Wildman–Crippen LogP) is 6.55. The Morgan fingerprint density at radius 2 is 1.35 bits per heavy atom. The molecule has 7 heteroatoms. The van der Waals surface area contributed by atoms with E-state index in [0.29, 0.717) is 26.3 Å². The van der Waals surface area contributed by atoms with Crippen molar-refractivity contribution in [1.29, 1.82) is 0 Å². The maximum Gasteiger partial charge on any atom is 0.233 e. The van der Waals surface area contributed by atoms with Crippen LogP contribution >= 0.6 is 0 Å². The smallest absolute Gasteiger partial charge is 0.233 e. The highest BCUT2D eigenvalue weighted by Crippen LogP contribution is 2.56. The zero-order valence-corrected chi connectivity index (χ0v) is 24.6. The number of aromatic nitrogens is 1. The van der Waals surface area contributed by atoms with E-state index >= 15 is 0 Å². The number of phenols is 1. The van der Waals surface area contributed by atoms with Crippen molar-refractivity contribution in [2.24, 2.45) is 0 Å². The summed E-state index contributed by atoms with van der Waals surface area (Å²) in [6.45, 7) is 4.28. The van der Waals surface area contributed by atoms with Crippen LogP contribution in [0.4, 0.5) is 0 Å². The SMILES string of the molecule is CCC(=C(c1ccc(O)cc1)c1ccc(OCCN(C)CCOn2c(O)c3c(c2O)C2C=CC3C2)cc1)c1ccccc1. The number of phenolic OH excluding ortho intramolecular Hbond substituents is 1. The fourth-order valence-corrected chi connectivity index (χ4v) is 6.29. The molecule has 6 rings (SSSR count). The number of allylic oxidation sites excluding steroid dienone is 3. The molecule has 2 aliphatic carbocycles. The highest BCUT2D eigenvalue weighted by Gasteiger charge is 2.41. The van der Waals surface area contributed by atoms with E-state index < -0.39 is 0 Å². The molecule has 0 saturated heterocycles. The molecule has 0 fully saturated rings. The Morgan fingerprint density at radius 3 is 1.95 bits per heavy atom. The number of aromatic hydroxyl groups is 3. The van der Waals surface area contributed by atoms with Crippen molar-refractivity contribution < 1.29 is 24.9 Å². The second-order valence-electron chi connectivity index (χ2n) is 11.2. The standard InChI is InChI=1S/C36H38N2O5/c1-3-31(24-7-5-4-6-8-24)32(25-11-15-29(39)16-12-25)26-13-17-30(18-14-26)42-21-19-37(2)20-22-43-38-35(40)33-27-9-10-28(23-27)34(33)36(38)41/h4-18,27-28,39-41H,3,19-23H2,1-2H3. The number of benzene rings is 3. The number of fused-ring (bicyclic) bond motifs is 5. The monoisotopic (exact) mass is 578 g/mol. The van der Waals surface area contributed by atoms with Gasteiger partial charge in [0.1, 0.15) is 24.7 Å². The van der Waals surface area contributed by atoms with Gasteiger partial charge in [0.15, 0.2) is 0 Å². The highest BCUT2D eigenvalue weighted by molar-refractivity contribution is 5.98. The van der Waals surface area contributed by atoms with Gasteiger partial charge >= 0.3 is 0 Å². The van der Waals surface area contributed by atoms with Gasteiger partial charge in [-0.15, -0.1) is 4.73 Å². The normalized spacial score (nSPS) is 17.3. The number of nitrogens with zero attached hydrogens (tertiary/aromatic N) is 2. The van der Waals surface area contributed by atoms with Crippen LogP contribution in [-0.2, 0) is 0 Å². The van der Waals surface area contributed by atoms with Crippen molar-refractivity contribution in [2.75, 3.05) is 33.4 Å². The minimum Gasteiger partial charge on any atom is -0.508 e. The molecule has 4 aromatic rings. The van der Waals surface area contributed by atoms with Crippen molar-refractivity contribution in [3.05, 3.63) is 119 Å². The second-order valence-corrected chi connectivity index (χ2v) is 11.2. The van der Waals surface area contributed by atoms with Crippen LogP contribution in [0.15, 0.2) is 91.0 Å². The fraction of sp³-hybridized carbons (Fsp3) is 0.278. The van der Waals surface area contributed by atoms with Crippen molar-refractivity contribution >= 4 is 11.1 Å². The van der Waals surface area contributed by atoms with Gasteiger partial charge in [0, 0.05) is 36.1 Å². The lowest BCUT2D eigenvalue weighted by molar-refractivity contribution is 0.0598. The number of ether oxygens (including phenoxy) is 1. The zero-order chi connectivity index (χ0) is 29.9. The molecule has 2 unspecified atom stereocenters.